The number of aryl methyl sites for hydroxylation is 1. The molecule has 0 radical (unpaired) electrons. The molecule has 20 heavy (non-hydrogen) atoms. The average molecular weight is 287 g/mol. The Hall–Kier alpha value is -2.05. The second kappa shape index (κ2) is 5.15. The lowest BCUT2D eigenvalue weighted by atomic mass is 10.0. The number of halogens is 3. The van der Waals surface area contributed by atoms with Gasteiger partial charge in [0.1, 0.15) is 0 Å². The number of hydrogen-bond donors (Lipinski definition) is 1. The first-order valence-corrected chi connectivity index (χ1v) is 6.05. The molecule has 1 aliphatic rings. The number of amides is 1. The van der Waals surface area contributed by atoms with Crippen LogP contribution >= 0.6 is 0 Å². The number of carboxylic acids is 1. The van der Waals surface area contributed by atoms with Crippen molar-refractivity contribution in [2.75, 3.05) is 11.4 Å². The molecule has 7 heteroatoms. The van der Waals surface area contributed by atoms with Crippen molar-refractivity contribution in [3.05, 3.63) is 29.3 Å². The molecule has 108 valence electrons. The number of carboxylic acid groups (broad SMARTS) is 1. The van der Waals surface area contributed by atoms with Gasteiger partial charge in [-0.3, -0.25) is 4.79 Å². The van der Waals surface area contributed by atoms with Crippen LogP contribution in [0.3, 0.4) is 0 Å². The molecule has 0 unspecified atom stereocenters. The Labute approximate surface area is 112 Å². The lowest BCUT2D eigenvalue weighted by molar-refractivity contribution is -0.170. The van der Waals surface area contributed by atoms with Gasteiger partial charge in [-0.1, -0.05) is 0 Å². The summed E-state index contributed by atoms with van der Waals surface area (Å²) in [4.78, 5) is 23.0. The Balaban J connectivity index is 2.45. The summed E-state index contributed by atoms with van der Waals surface area (Å²) in [5, 5.41) is 8.90. The van der Waals surface area contributed by atoms with E-state index in [-0.39, 0.29) is 17.8 Å². The molecule has 0 saturated heterocycles. The summed E-state index contributed by atoms with van der Waals surface area (Å²) < 4.78 is 37.7. The van der Waals surface area contributed by atoms with E-state index in [2.05, 4.69) is 0 Å². The molecule has 0 saturated carbocycles. The lowest BCUT2D eigenvalue weighted by Gasteiger charge is -2.24. The molecule has 2 rings (SSSR count). The minimum atomic E-state index is -4.94. The highest BCUT2D eigenvalue weighted by Crippen LogP contribution is 2.31. The molecule has 0 spiro atoms. The number of aromatic carboxylic acids is 1. The fraction of sp³-hybridized carbons (Fsp3) is 0.385. The number of alkyl halides is 3. The molecule has 0 aromatic heterocycles. The molecular weight excluding hydrogens is 275 g/mol. The van der Waals surface area contributed by atoms with Gasteiger partial charge in [-0.15, -0.1) is 0 Å². The Morgan fingerprint density at radius 2 is 1.90 bits per heavy atom. The number of nitrogens with zero attached hydrogens (tertiary/aromatic N) is 1. The minimum absolute atomic E-state index is 0.00468. The van der Waals surface area contributed by atoms with E-state index in [9.17, 15) is 22.8 Å². The van der Waals surface area contributed by atoms with E-state index >= 15 is 0 Å². The highest BCUT2D eigenvalue weighted by molar-refractivity contribution is 5.98. The van der Waals surface area contributed by atoms with Crippen LogP contribution in [0.2, 0.25) is 0 Å². The quantitative estimate of drug-likeness (QED) is 0.863. The lowest BCUT2D eigenvalue weighted by Crippen LogP contribution is -2.41. The monoisotopic (exact) mass is 287 g/mol. The molecule has 0 aliphatic carbocycles. The molecule has 1 aliphatic heterocycles. The summed E-state index contributed by atoms with van der Waals surface area (Å²) in [6.07, 6.45) is -3.43. The first-order valence-electron chi connectivity index (χ1n) is 6.05. The Morgan fingerprint density at radius 3 is 2.50 bits per heavy atom. The van der Waals surface area contributed by atoms with Gasteiger partial charge in [-0.2, -0.15) is 13.2 Å². The van der Waals surface area contributed by atoms with Crippen molar-refractivity contribution in [1.29, 1.82) is 0 Å². The predicted molar refractivity (Wildman–Crippen MR) is 64.7 cm³/mol. The number of fused-ring (bicyclic) bond motifs is 1. The maximum Gasteiger partial charge on any atom is 0.471 e. The normalized spacial score (nSPS) is 15.4. The molecular formula is C13H12F3NO3. The van der Waals surface area contributed by atoms with Crippen molar-refractivity contribution in [3.8, 4) is 0 Å². The van der Waals surface area contributed by atoms with Crippen LogP contribution in [-0.4, -0.2) is 29.7 Å². The summed E-state index contributed by atoms with van der Waals surface area (Å²) >= 11 is 0. The van der Waals surface area contributed by atoms with Gasteiger partial charge in [0, 0.05) is 12.2 Å². The zero-order valence-electron chi connectivity index (χ0n) is 10.4. The third-order valence-electron chi connectivity index (χ3n) is 3.18. The largest absolute Gasteiger partial charge is 0.478 e. The molecule has 0 fully saturated rings. The van der Waals surface area contributed by atoms with Crippen molar-refractivity contribution >= 4 is 17.6 Å². The molecule has 1 amide bonds. The molecule has 1 N–H and O–H groups in total. The van der Waals surface area contributed by atoms with E-state index in [0.29, 0.717) is 29.7 Å². The van der Waals surface area contributed by atoms with Crippen LogP contribution in [0.25, 0.3) is 0 Å². The van der Waals surface area contributed by atoms with Crippen LogP contribution in [0, 0.1) is 0 Å². The smallest absolute Gasteiger partial charge is 0.471 e. The van der Waals surface area contributed by atoms with Gasteiger partial charge in [0.2, 0.25) is 0 Å². The van der Waals surface area contributed by atoms with Crippen molar-refractivity contribution in [1.82, 2.24) is 0 Å². The molecule has 4 nitrogen and oxygen atoms in total. The number of anilines is 1. The predicted octanol–water partition coefficient (Wildman–Crippen LogP) is 2.62. The maximum absolute atomic E-state index is 12.6. The van der Waals surface area contributed by atoms with E-state index in [1.54, 1.807) is 0 Å². The van der Waals surface area contributed by atoms with E-state index in [1.165, 1.54) is 18.2 Å². The van der Waals surface area contributed by atoms with Gasteiger partial charge in [0.05, 0.1) is 5.56 Å². The highest BCUT2D eigenvalue weighted by atomic mass is 19.4. The van der Waals surface area contributed by atoms with Crippen LogP contribution < -0.4 is 4.90 Å². The van der Waals surface area contributed by atoms with E-state index in [4.69, 9.17) is 5.11 Å². The number of rotatable bonds is 1. The summed E-state index contributed by atoms with van der Waals surface area (Å²) in [5.74, 6) is -3.06. The van der Waals surface area contributed by atoms with Crippen LogP contribution in [0.15, 0.2) is 18.2 Å². The summed E-state index contributed by atoms with van der Waals surface area (Å²) in [7, 11) is 0. The zero-order valence-corrected chi connectivity index (χ0v) is 10.4. The summed E-state index contributed by atoms with van der Waals surface area (Å²) in [5.41, 5.74) is 0.611. The van der Waals surface area contributed by atoms with Gasteiger partial charge in [-0.25, -0.2) is 4.79 Å². The van der Waals surface area contributed by atoms with E-state index < -0.39 is 18.1 Å². The van der Waals surface area contributed by atoms with Crippen molar-refractivity contribution < 1.29 is 27.9 Å². The molecule has 1 aromatic rings. The second-order valence-corrected chi connectivity index (χ2v) is 4.56. The fourth-order valence-corrected chi connectivity index (χ4v) is 2.25. The van der Waals surface area contributed by atoms with Gasteiger partial charge in [-0.05, 0) is 43.0 Å². The minimum Gasteiger partial charge on any atom is -0.478 e. The van der Waals surface area contributed by atoms with Crippen LogP contribution in [0.1, 0.15) is 28.8 Å². The maximum atomic E-state index is 12.6. The molecule has 0 atom stereocenters. The van der Waals surface area contributed by atoms with Gasteiger partial charge >= 0.3 is 18.1 Å². The fourth-order valence-electron chi connectivity index (χ4n) is 2.25. The third kappa shape index (κ3) is 2.76. The Bertz CT molecular complexity index is 554. The number of hydrogen-bond acceptors (Lipinski definition) is 2. The van der Waals surface area contributed by atoms with Gasteiger partial charge in [0.15, 0.2) is 0 Å². The topological polar surface area (TPSA) is 57.6 Å². The van der Waals surface area contributed by atoms with Crippen LogP contribution in [0.4, 0.5) is 18.9 Å². The summed E-state index contributed by atoms with van der Waals surface area (Å²) in [6, 6.07) is 3.82. The molecule has 1 aromatic carbocycles. The SMILES string of the molecule is O=C(O)c1ccc2c(c1)CCCCN2C(=O)C(F)(F)F. The van der Waals surface area contributed by atoms with Crippen molar-refractivity contribution in [3.63, 3.8) is 0 Å². The second-order valence-electron chi connectivity index (χ2n) is 4.56. The highest BCUT2D eigenvalue weighted by Gasteiger charge is 2.43. The van der Waals surface area contributed by atoms with E-state index in [1.807, 2.05) is 0 Å². The van der Waals surface area contributed by atoms with Crippen LogP contribution in [-0.2, 0) is 11.2 Å². The Kier molecular flexibility index (Phi) is 3.69. The average Bonchev–Trinajstić information content (AvgIpc) is 2.57. The Morgan fingerprint density at radius 1 is 1.20 bits per heavy atom. The zero-order chi connectivity index (χ0) is 14.9. The molecule has 1 heterocycles. The van der Waals surface area contributed by atoms with Gasteiger partial charge < -0.3 is 10.0 Å². The van der Waals surface area contributed by atoms with Crippen molar-refractivity contribution in [2.45, 2.75) is 25.4 Å². The standard InChI is InChI=1S/C13H12F3NO3/c14-13(15,16)12(20)17-6-2-1-3-8-7-9(11(18)19)4-5-10(8)17/h4-5,7H,1-3,6H2,(H,18,19). The van der Waals surface area contributed by atoms with Crippen molar-refractivity contribution in [2.24, 2.45) is 0 Å². The van der Waals surface area contributed by atoms with Crippen LogP contribution in [0.5, 0.6) is 0 Å². The van der Waals surface area contributed by atoms with E-state index in [0.717, 1.165) is 0 Å². The molecule has 0 bridgehead atoms. The third-order valence-corrected chi connectivity index (χ3v) is 3.18. The first-order chi connectivity index (χ1) is 9.30. The summed E-state index contributed by atoms with van der Waals surface area (Å²) in [6.45, 7) is -0.0161. The first kappa shape index (κ1) is 14.4. The van der Waals surface area contributed by atoms with Gasteiger partial charge in [0.25, 0.3) is 0 Å². The number of carbonyl (C=O) groups is 2. The number of carbonyl (C=O) groups excluding carboxylic acids is 1. The number of benzene rings is 1.